The number of fused-ring (bicyclic) bond motifs is 1. The quantitative estimate of drug-likeness (QED) is 0.284. The zero-order valence-electron chi connectivity index (χ0n) is 22.4. The second kappa shape index (κ2) is 12.8. The molecule has 2 amide bonds. The molecule has 11 nitrogen and oxygen atoms in total. The molecule has 39 heavy (non-hydrogen) atoms. The average Bonchev–Trinajstić information content (AvgIpc) is 3.37. The van der Waals surface area contributed by atoms with Gasteiger partial charge in [-0.2, -0.15) is 5.10 Å². The predicted molar refractivity (Wildman–Crippen MR) is 149 cm³/mol. The van der Waals surface area contributed by atoms with E-state index in [0.29, 0.717) is 22.4 Å². The Hall–Kier alpha value is -4.55. The number of nitrogens with zero attached hydrogens (tertiary/aromatic N) is 5. The number of carbonyl (C=O) groups is 3. The van der Waals surface area contributed by atoms with Crippen LogP contribution in [0.5, 0.6) is 0 Å². The third-order valence-electron chi connectivity index (χ3n) is 5.93. The molecule has 0 spiro atoms. The minimum atomic E-state index is -1.50. The van der Waals surface area contributed by atoms with Crippen LogP contribution in [0.4, 0.5) is 11.4 Å². The Morgan fingerprint density at radius 2 is 1.56 bits per heavy atom. The first-order chi connectivity index (χ1) is 18.5. The summed E-state index contributed by atoms with van der Waals surface area (Å²) in [6.07, 6.45) is 3.08. The van der Waals surface area contributed by atoms with Crippen LogP contribution < -0.4 is 15.3 Å². The van der Waals surface area contributed by atoms with Crippen molar-refractivity contribution < 1.29 is 29.2 Å². The number of rotatable bonds is 6. The topological polar surface area (TPSA) is 138 Å². The normalized spacial score (nSPS) is 10.3. The summed E-state index contributed by atoms with van der Waals surface area (Å²) >= 11 is 0. The number of amides is 2. The standard InChI is InChI=1S/C18H18N4O3.C9H12BNO3/c1-4-25-18(24)15-11-20-22-16(8-9-19-17(15)22)13-6-5-7-14(10-13)21(3)12(2)23;1-7(12)11(2)9-5-3-4-8(6-9)10(13)14/h5-11H,4H2,1-3H3;3-6,13-14H,1-2H3. The second-order valence-corrected chi connectivity index (χ2v) is 8.52. The van der Waals surface area contributed by atoms with Crippen molar-refractivity contribution in [3.05, 3.63) is 72.6 Å². The van der Waals surface area contributed by atoms with Gasteiger partial charge in [-0.3, -0.25) is 9.59 Å². The fraction of sp³-hybridized carbons (Fsp3) is 0.222. The number of ether oxygens (including phenoxy) is 1. The minimum Gasteiger partial charge on any atom is -0.462 e. The molecule has 0 aliphatic heterocycles. The number of carbonyl (C=O) groups excluding carboxylic acids is 3. The van der Waals surface area contributed by atoms with Crippen LogP contribution in [-0.2, 0) is 14.3 Å². The van der Waals surface area contributed by atoms with E-state index in [0.717, 1.165) is 16.9 Å². The Labute approximate surface area is 226 Å². The second-order valence-electron chi connectivity index (χ2n) is 8.52. The van der Waals surface area contributed by atoms with Gasteiger partial charge in [0.05, 0.1) is 18.5 Å². The summed E-state index contributed by atoms with van der Waals surface area (Å²) < 4.78 is 6.64. The summed E-state index contributed by atoms with van der Waals surface area (Å²) in [7, 11) is 1.84. The molecule has 2 aromatic carbocycles. The van der Waals surface area contributed by atoms with Gasteiger partial charge in [0, 0.05) is 51.1 Å². The minimum absolute atomic E-state index is 0.0549. The molecule has 2 N–H and O–H groups in total. The summed E-state index contributed by atoms with van der Waals surface area (Å²) in [5, 5.41) is 22.1. The van der Waals surface area contributed by atoms with E-state index in [1.165, 1.54) is 24.9 Å². The van der Waals surface area contributed by atoms with Gasteiger partial charge in [-0.05, 0) is 42.7 Å². The highest BCUT2D eigenvalue weighted by Crippen LogP contribution is 2.25. The first-order valence-electron chi connectivity index (χ1n) is 12.1. The van der Waals surface area contributed by atoms with E-state index in [1.807, 2.05) is 30.3 Å². The third-order valence-corrected chi connectivity index (χ3v) is 5.93. The number of hydrogen-bond donors (Lipinski definition) is 2. The molecule has 0 bridgehead atoms. The Bertz CT molecular complexity index is 1490. The highest BCUT2D eigenvalue weighted by molar-refractivity contribution is 6.58. The van der Waals surface area contributed by atoms with Crippen LogP contribution >= 0.6 is 0 Å². The summed E-state index contributed by atoms with van der Waals surface area (Å²) in [5.41, 5.74) is 4.16. The Morgan fingerprint density at radius 3 is 2.15 bits per heavy atom. The van der Waals surface area contributed by atoms with Crippen LogP contribution in [0, 0.1) is 0 Å². The first kappa shape index (κ1) is 29.0. The van der Waals surface area contributed by atoms with Crippen LogP contribution in [-0.4, -0.2) is 70.3 Å². The Balaban J connectivity index is 0.000000255. The number of aromatic nitrogens is 3. The van der Waals surface area contributed by atoms with Crippen molar-refractivity contribution in [2.24, 2.45) is 0 Å². The highest BCUT2D eigenvalue weighted by Gasteiger charge is 2.18. The number of esters is 1. The lowest BCUT2D eigenvalue weighted by Crippen LogP contribution is -2.31. The summed E-state index contributed by atoms with van der Waals surface area (Å²) in [5.74, 6) is -0.609. The maximum absolute atomic E-state index is 12.0. The van der Waals surface area contributed by atoms with E-state index in [2.05, 4.69) is 10.1 Å². The van der Waals surface area contributed by atoms with E-state index >= 15 is 0 Å². The summed E-state index contributed by atoms with van der Waals surface area (Å²) in [6, 6.07) is 15.9. The van der Waals surface area contributed by atoms with Gasteiger partial charge >= 0.3 is 13.1 Å². The first-order valence-corrected chi connectivity index (χ1v) is 12.1. The molecule has 0 radical (unpaired) electrons. The third kappa shape index (κ3) is 6.86. The molecular weight excluding hydrogens is 501 g/mol. The molecule has 4 rings (SSSR count). The van der Waals surface area contributed by atoms with Crippen molar-refractivity contribution in [3.63, 3.8) is 0 Å². The zero-order valence-corrected chi connectivity index (χ0v) is 22.4. The van der Waals surface area contributed by atoms with E-state index in [4.69, 9.17) is 14.8 Å². The van der Waals surface area contributed by atoms with Gasteiger partial charge in [0.1, 0.15) is 5.56 Å². The van der Waals surface area contributed by atoms with Gasteiger partial charge in [0.2, 0.25) is 11.8 Å². The van der Waals surface area contributed by atoms with Crippen molar-refractivity contribution in [3.8, 4) is 11.3 Å². The molecule has 0 aliphatic carbocycles. The summed E-state index contributed by atoms with van der Waals surface area (Å²) in [6.45, 7) is 4.99. The fourth-order valence-electron chi connectivity index (χ4n) is 3.59. The largest absolute Gasteiger partial charge is 0.488 e. The molecule has 2 aromatic heterocycles. The molecule has 4 aromatic rings. The van der Waals surface area contributed by atoms with Gasteiger partial charge in [0.25, 0.3) is 0 Å². The van der Waals surface area contributed by atoms with Crippen LogP contribution in [0.1, 0.15) is 31.1 Å². The van der Waals surface area contributed by atoms with Gasteiger partial charge in [-0.25, -0.2) is 14.3 Å². The van der Waals surface area contributed by atoms with Crippen molar-refractivity contribution in [2.75, 3.05) is 30.5 Å². The number of anilines is 2. The molecule has 0 aliphatic rings. The lowest BCUT2D eigenvalue weighted by molar-refractivity contribution is -0.117. The Kier molecular flexibility index (Phi) is 9.53. The van der Waals surface area contributed by atoms with Gasteiger partial charge in [-0.15, -0.1) is 0 Å². The molecule has 0 atom stereocenters. The average molecular weight is 531 g/mol. The Morgan fingerprint density at radius 1 is 0.949 bits per heavy atom. The molecule has 2 heterocycles. The molecule has 12 heteroatoms. The van der Waals surface area contributed by atoms with E-state index in [-0.39, 0.29) is 18.4 Å². The highest BCUT2D eigenvalue weighted by atomic mass is 16.5. The number of hydrogen-bond acceptors (Lipinski definition) is 8. The fourth-order valence-corrected chi connectivity index (χ4v) is 3.59. The maximum Gasteiger partial charge on any atom is 0.488 e. The van der Waals surface area contributed by atoms with E-state index in [9.17, 15) is 14.4 Å². The monoisotopic (exact) mass is 531 g/mol. The van der Waals surface area contributed by atoms with Crippen LogP contribution in [0.3, 0.4) is 0 Å². The van der Waals surface area contributed by atoms with Crippen molar-refractivity contribution in [1.82, 2.24) is 14.6 Å². The summed E-state index contributed by atoms with van der Waals surface area (Å²) in [4.78, 5) is 41.9. The van der Waals surface area contributed by atoms with Crippen LogP contribution in [0.15, 0.2) is 67.0 Å². The maximum atomic E-state index is 12.0. The molecular formula is C27H30BN5O6. The van der Waals surface area contributed by atoms with Crippen molar-refractivity contribution in [2.45, 2.75) is 20.8 Å². The van der Waals surface area contributed by atoms with Crippen LogP contribution in [0.25, 0.3) is 16.9 Å². The molecule has 0 saturated heterocycles. The lowest BCUT2D eigenvalue weighted by Gasteiger charge is -2.16. The van der Waals surface area contributed by atoms with Gasteiger partial charge < -0.3 is 24.6 Å². The van der Waals surface area contributed by atoms with E-state index in [1.54, 1.807) is 60.9 Å². The lowest BCUT2D eigenvalue weighted by atomic mass is 9.80. The SMILES string of the molecule is CC(=O)N(C)c1cccc(B(O)O)c1.CCOC(=O)c1cnn2c(-c3cccc(N(C)C(C)=O)c3)ccnc12. The smallest absolute Gasteiger partial charge is 0.462 e. The van der Waals surface area contributed by atoms with Crippen molar-refractivity contribution in [1.29, 1.82) is 0 Å². The van der Waals surface area contributed by atoms with Gasteiger partial charge in [-0.1, -0.05) is 24.3 Å². The predicted octanol–water partition coefficient (Wildman–Crippen LogP) is 1.90. The number of benzene rings is 2. The molecule has 0 unspecified atom stereocenters. The zero-order chi connectivity index (χ0) is 28.7. The molecule has 0 fully saturated rings. The van der Waals surface area contributed by atoms with Crippen LogP contribution in [0.2, 0.25) is 0 Å². The van der Waals surface area contributed by atoms with Crippen molar-refractivity contribution >= 4 is 47.4 Å². The van der Waals surface area contributed by atoms with E-state index < -0.39 is 13.1 Å². The molecule has 202 valence electrons. The molecule has 0 saturated carbocycles. The van der Waals surface area contributed by atoms with Gasteiger partial charge in [0.15, 0.2) is 5.65 Å².